The minimum Gasteiger partial charge on any atom is -0.724 e. The molecule has 0 aromatic rings. The van der Waals surface area contributed by atoms with E-state index in [1.54, 1.807) is 0 Å². The number of hydrogen-bond donors (Lipinski definition) is 2. The number of amides is 2. The van der Waals surface area contributed by atoms with Gasteiger partial charge in [-0.1, -0.05) is 0 Å². The van der Waals surface area contributed by atoms with Gasteiger partial charge in [0.15, 0.2) is 0 Å². The van der Waals surface area contributed by atoms with Gasteiger partial charge >= 0.3 is 35.7 Å². The summed E-state index contributed by atoms with van der Waals surface area (Å²) < 4.78 is 40.0. The van der Waals surface area contributed by atoms with Crippen molar-refractivity contribution in [3.8, 4) is 0 Å². The molecule has 20 heavy (non-hydrogen) atoms. The number of nitrogens with one attached hydrogen (secondary N) is 1. The second kappa shape index (κ2) is 8.12. The molecule has 0 radical (unpaired) electrons. The minimum atomic E-state index is -5.10. The molecule has 0 saturated carbocycles. The molecule has 1 fully saturated rings. The van der Waals surface area contributed by atoms with Crippen molar-refractivity contribution in [2.75, 3.05) is 13.7 Å². The first-order valence-electron chi connectivity index (χ1n) is 5.30. The molecule has 3 N–H and O–H groups in total. The van der Waals surface area contributed by atoms with Crippen molar-refractivity contribution in [2.45, 2.75) is 24.9 Å². The molecule has 0 bridgehead atoms. The van der Waals surface area contributed by atoms with Crippen LogP contribution in [0.3, 0.4) is 0 Å². The van der Waals surface area contributed by atoms with E-state index in [1.807, 2.05) is 0 Å². The quantitative estimate of drug-likeness (QED) is 0.226. The second-order valence-corrected chi connectivity index (χ2v) is 4.84. The third-order valence-electron chi connectivity index (χ3n) is 2.59. The van der Waals surface area contributed by atoms with E-state index in [0.717, 1.165) is 7.11 Å². The number of hydroxylamine groups is 2. The van der Waals surface area contributed by atoms with Crippen molar-refractivity contribution in [3.05, 3.63) is 0 Å². The molecule has 1 rings (SSSR count). The standard InChI is InChI=1S/C8H15N3O7S.Na/c1-17-8(13)11(18-19(14,15)16)5-2-3-6(7(9)12)10-4-5;/h5-6,10H,2-4H2,1H3,(H2,9,12)(H,14,15,16);/q;+1/p-1/t5-,6+;/m1./s1. The Balaban J connectivity index is 0.00000361. The van der Waals surface area contributed by atoms with Crippen LogP contribution >= 0.6 is 0 Å². The van der Waals surface area contributed by atoms with Crippen molar-refractivity contribution in [2.24, 2.45) is 5.73 Å². The Morgan fingerprint density at radius 2 is 2.00 bits per heavy atom. The maximum atomic E-state index is 11.4. The van der Waals surface area contributed by atoms with Gasteiger partial charge in [-0.25, -0.2) is 13.2 Å². The predicted octanol–water partition coefficient (Wildman–Crippen LogP) is -4.94. The van der Waals surface area contributed by atoms with Crippen LogP contribution in [0.25, 0.3) is 0 Å². The molecule has 1 saturated heterocycles. The summed E-state index contributed by atoms with van der Waals surface area (Å²) in [6.45, 7) is 0.0399. The normalized spacial score (nSPS) is 22.5. The smallest absolute Gasteiger partial charge is 0.724 e. The van der Waals surface area contributed by atoms with Crippen LogP contribution < -0.4 is 40.6 Å². The van der Waals surface area contributed by atoms with Crippen LogP contribution in [0.2, 0.25) is 0 Å². The van der Waals surface area contributed by atoms with Crippen LogP contribution in [-0.2, 0) is 24.2 Å². The summed E-state index contributed by atoms with van der Waals surface area (Å²) in [6.07, 6.45) is -0.621. The second-order valence-electron chi connectivity index (χ2n) is 3.87. The number of hydrogen-bond acceptors (Lipinski definition) is 8. The van der Waals surface area contributed by atoms with Crippen LogP contribution in [0.4, 0.5) is 4.79 Å². The third kappa shape index (κ3) is 5.91. The minimum absolute atomic E-state index is 0. The molecule has 0 aliphatic carbocycles. The summed E-state index contributed by atoms with van der Waals surface area (Å²) in [5.74, 6) is -0.555. The van der Waals surface area contributed by atoms with Crippen LogP contribution in [0.5, 0.6) is 0 Å². The Morgan fingerprint density at radius 1 is 1.40 bits per heavy atom. The van der Waals surface area contributed by atoms with E-state index in [1.165, 1.54) is 0 Å². The summed E-state index contributed by atoms with van der Waals surface area (Å²) in [4.78, 5) is 22.3. The zero-order valence-corrected chi connectivity index (χ0v) is 13.9. The van der Waals surface area contributed by atoms with Gasteiger partial charge in [-0.3, -0.25) is 4.79 Å². The first-order valence-corrected chi connectivity index (χ1v) is 6.63. The van der Waals surface area contributed by atoms with Gasteiger partial charge in [0, 0.05) is 6.54 Å². The zero-order valence-electron chi connectivity index (χ0n) is 11.1. The van der Waals surface area contributed by atoms with E-state index < -0.39 is 34.5 Å². The number of carbonyl (C=O) groups excluding carboxylic acids is 2. The first-order chi connectivity index (χ1) is 8.74. The van der Waals surface area contributed by atoms with Gasteiger partial charge in [0.1, 0.15) is 0 Å². The van der Waals surface area contributed by atoms with Crippen LogP contribution in [0, 0.1) is 0 Å². The summed E-state index contributed by atoms with van der Waals surface area (Å²) >= 11 is 0. The van der Waals surface area contributed by atoms with Crippen LogP contribution in [0.1, 0.15) is 12.8 Å². The Morgan fingerprint density at radius 3 is 2.35 bits per heavy atom. The fourth-order valence-corrected chi connectivity index (χ4v) is 2.09. The molecule has 2 amide bonds. The number of nitrogens with two attached hydrogens (primary N) is 1. The van der Waals surface area contributed by atoms with Crippen molar-refractivity contribution in [1.29, 1.82) is 0 Å². The average Bonchev–Trinajstić information content (AvgIpc) is 2.34. The molecular weight excluding hydrogens is 305 g/mol. The van der Waals surface area contributed by atoms with Gasteiger partial charge in [-0.05, 0) is 12.8 Å². The predicted molar refractivity (Wildman–Crippen MR) is 59.0 cm³/mol. The van der Waals surface area contributed by atoms with Crippen molar-refractivity contribution < 1.29 is 61.1 Å². The van der Waals surface area contributed by atoms with Gasteiger partial charge in [-0.2, -0.15) is 9.35 Å². The molecular formula is C8H14N3NaO7S. The SMILES string of the molecule is COC(=O)N(OS(=O)(=O)[O-])[C@@H]1CC[C@@H](C(N)=O)NC1.[Na+]. The Bertz CT molecular complexity index is 449. The Kier molecular flexibility index (Phi) is 7.95. The summed E-state index contributed by atoms with van der Waals surface area (Å²) in [5.41, 5.74) is 5.09. The molecule has 1 aliphatic heterocycles. The Labute approximate surface area is 138 Å². The van der Waals surface area contributed by atoms with Crippen LogP contribution in [0.15, 0.2) is 0 Å². The number of piperidine rings is 1. The average molecular weight is 319 g/mol. The molecule has 0 spiro atoms. The third-order valence-corrected chi connectivity index (χ3v) is 2.93. The summed E-state index contributed by atoms with van der Waals surface area (Å²) in [7, 11) is -4.09. The molecule has 12 heteroatoms. The van der Waals surface area contributed by atoms with E-state index in [4.69, 9.17) is 5.73 Å². The maximum Gasteiger partial charge on any atom is 1.00 e. The fraction of sp³-hybridized carbons (Fsp3) is 0.750. The van der Waals surface area contributed by atoms with E-state index in [-0.39, 0.29) is 48.9 Å². The van der Waals surface area contributed by atoms with E-state index in [9.17, 15) is 22.6 Å². The number of carbonyl (C=O) groups is 2. The number of ether oxygens (including phenoxy) is 1. The fourth-order valence-electron chi connectivity index (χ4n) is 1.71. The largest absolute Gasteiger partial charge is 1.00 e. The maximum absolute atomic E-state index is 11.4. The number of primary amides is 1. The van der Waals surface area contributed by atoms with Gasteiger partial charge in [0.05, 0.1) is 19.2 Å². The number of nitrogens with zero attached hydrogens (tertiary/aromatic N) is 1. The van der Waals surface area contributed by atoms with E-state index in [0.29, 0.717) is 5.06 Å². The Hall–Kier alpha value is -0.430. The monoisotopic (exact) mass is 319 g/mol. The summed E-state index contributed by atoms with van der Waals surface area (Å²) in [6, 6.07) is -1.33. The van der Waals surface area contributed by atoms with E-state index >= 15 is 0 Å². The van der Waals surface area contributed by atoms with Gasteiger partial charge in [0.2, 0.25) is 16.3 Å². The van der Waals surface area contributed by atoms with Gasteiger partial charge in [0.25, 0.3) is 0 Å². The van der Waals surface area contributed by atoms with Crippen molar-refractivity contribution >= 4 is 22.4 Å². The van der Waals surface area contributed by atoms with Crippen molar-refractivity contribution in [3.63, 3.8) is 0 Å². The van der Waals surface area contributed by atoms with Crippen molar-refractivity contribution in [1.82, 2.24) is 10.4 Å². The van der Waals surface area contributed by atoms with Crippen LogP contribution in [-0.4, -0.2) is 55.8 Å². The molecule has 10 nitrogen and oxygen atoms in total. The zero-order chi connectivity index (χ0) is 14.6. The first kappa shape index (κ1) is 19.6. The molecule has 110 valence electrons. The molecule has 0 aromatic heterocycles. The van der Waals surface area contributed by atoms with Gasteiger partial charge < -0.3 is 20.3 Å². The molecule has 1 heterocycles. The molecule has 0 aromatic carbocycles. The van der Waals surface area contributed by atoms with Gasteiger partial charge in [-0.15, -0.1) is 0 Å². The summed E-state index contributed by atoms with van der Waals surface area (Å²) in [5, 5.41) is 3.05. The van der Waals surface area contributed by atoms with E-state index in [2.05, 4.69) is 14.3 Å². The molecule has 0 unspecified atom stereocenters. The molecule has 2 atom stereocenters. The molecule has 1 aliphatic rings. The number of rotatable bonds is 4. The topological polar surface area (TPSA) is 151 Å². The number of methoxy groups -OCH3 is 1.